The van der Waals surface area contributed by atoms with Gasteiger partial charge in [0.25, 0.3) is 5.91 Å². The minimum absolute atomic E-state index is 0.0800. The molecule has 21 heavy (non-hydrogen) atoms. The van der Waals surface area contributed by atoms with Gasteiger partial charge in [0.2, 0.25) is 0 Å². The van der Waals surface area contributed by atoms with Crippen molar-refractivity contribution in [3.8, 4) is 0 Å². The standard InChI is InChI=1S/C16H23N3O2/c1-2-6-17-15-8-11(5-7-18-15)16(21)19-12-3-4-13(19)10-14(20)9-12/h5,7-8,12-14,20H,2-4,6,9-10H2,1H3,(H,17,18). The highest BCUT2D eigenvalue weighted by atomic mass is 16.3. The molecule has 5 heteroatoms. The molecular formula is C16H23N3O2. The molecule has 0 spiro atoms. The Morgan fingerprint density at radius 1 is 1.43 bits per heavy atom. The van der Waals surface area contributed by atoms with Crippen LogP contribution in [-0.2, 0) is 0 Å². The van der Waals surface area contributed by atoms with Crippen molar-refractivity contribution in [1.29, 1.82) is 0 Å². The van der Waals surface area contributed by atoms with Crippen LogP contribution in [0.3, 0.4) is 0 Å². The number of nitrogens with one attached hydrogen (secondary N) is 1. The third-order valence-electron chi connectivity index (χ3n) is 4.51. The Kier molecular flexibility index (Phi) is 4.10. The summed E-state index contributed by atoms with van der Waals surface area (Å²) in [7, 11) is 0. The molecular weight excluding hydrogens is 266 g/mol. The van der Waals surface area contributed by atoms with E-state index in [1.54, 1.807) is 12.3 Å². The summed E-state index contributed by atoms with van der Waals surface area (Å²) in [6.45, 7) is 2.95. The number of fused-ring (bicyclic) bond motifs is 2. The minimum atomic E-state index is -0.245. The third kappa shape index (κ3) is 2.88. The van der Waals surface area contributed by atoms with Gasteiger partial charge in [-0.3, -0.25) is 4.79 Å². The molecule has 3 heterocycles. The van der Waals surface area contributed by atoms with Crippen LogP contribution in [0.1, 0.15) is 49.4 Å². The number of hydrogen-bond acceptors (Lipinski definition) is 4. The van der Waals surface area contributed by atoms with Crippen LogP contribution in [0.5, 0.6) is 0 Å². The molecule has 2 fully saturated rings. The lowest BCUT2D eigenvalue weighted by atomic mass is 9.99. The number of nitrogens with zero attached hydrogens (tertiary/aromatic N) is 2. The van der Waals surface area contributed by atoms with Gasteiger partial charge in [0.05, 0.1) is 6.10 Å². The van der Waals surface area contributed by atoms with Gasteiger partial charge in [0.15, 0.2) is 0 Å². The minimum Gasteiger partial charge on any atom is -0.393 e. The second-order valence-corrected chi connectivity index (χ2v) is 6.08. The first-order valence-electron chi connectivity index (χ1n) is 7.89. The van der Waals surface area contributed by atoms with Gasteiger partial charge in [-0.2, -0.15) is 0 Å². The summed E-state index contributed by atoms with van der Waals surface area (Å²) in [4.78, 5) is 19.0. The topological polar surface area (TPSA) is 65.5 Å². The molecule has 2 unspecified atom stereocenters. The van der Waals surface area contributed by atoms with Crippen molar-refractivity contribution in [2.45, 2.75) is 57.2 Å². The fourth-order valence-corrected chi connectivity index (χ4v) is 3.54. The summed E-state index contributed by atoms with van der Waals surface area (Å²) in [5.41, 5.74) is 0.692. The molecule has 0 radical (unpaired) electrons. The van der Waals surface area contributed by atoms with E-state index in [0.717, 1.165) is 31.6 Å². The average molecular weight is 289 g/mol. The fraction of sp³-hybridized carbons (Fsp3) is 0.625. The average Bonchev–Trinajstić information content (AvgIpc) is 2.76. The second kappa shape index (κ2) is 6.02. The Morgan fingerprint density at radius 2 is 2.14 bits per heavy atom. The molecule has 1 amide bonds. The predicted molar refractivity (Wildman–Crippen MR) is 81.2 cm³/mol. The maximum atomic E-state index is 12.8. The lowest BCUT2D eigenvalue weighted by Crippen LogP contribution is -2.48. The van der Waals surface area contributed by atoms with Crippen LogP contribution in [0.25, 0.3) is 0 Å². The van der Waals surface area contributed by atoms with E-state index in [1.165, 1.54) is 0 Å². The van der Waals surface area contributed by atoms with E-state index in [0.29, 0.717) is 18.4 Å². The molecule has 2 aliphatic heterocycles. The number of aromatic nitrogens is 1. The third-order valence-corrected chi connectivity index (χ3v) is 4.51. The van der Waals surface area contributed by atoms with Crippen molar-refractivity contribution in [2.75, 3.05) is 11.9 Å². The van der Waals surface area contributed by atoms with Crippen LogP contribution < -0.4 is 5.32 Å². The number of carbonyl (C=O) groups is 1. The van der Waals surface area contributed by atoms with Gasteiger partial charge >= 0.3 is 0 Å². The molecule has 0 aromatic carbocycles. The van der Waals surface area contributed by atoms with Crippen molar-refractivity contribution in [3.05, 3.63) is 23.9 Å². The Labute approximate surface area is 125 Å². The largest absolute Gasteiger partial charge is 0.393 e. The van der Waals surface area contributed by atoms with Crippen LogP contribution in [-0.4, -0.2) is 45.6 Å². The van der Waals surface area contributed by atoms with Crippen molar-refractivity contribution in [3.63, 3.8) is 0 Å². The molecule has 2 atom stereocenters. The number of pyridine rings is 1. The number of amides is 1. The first kappa shape index (κ1) is 14.3. The summed E-state index contributed by atoms with van der Waals surface area (Å²) >= 11 is 0. The number of carbonyl (C=O) groups excluding carboxylic acids is 1. The molecule has 2 N–H and O–H groups in total. The lowest BCUT2D eigenvalue weighted by molar-refractivity contribution is 0.0287. The van der Waals surface area contributed by atoms with Gasteiger partial charge < -0.3 is 15.3 Å². The summed E-state index contributed by atoms with van der Waals surface area (Å²) < 4.78 is 0. The first-order chi connectivity index (χ1) is 10.2. The Bertz CT molecular complexity index is 506. The van der Waals surface area contributed by atoms with Crippen LogP contribution in [0.4, 0.5) is 5.82 Å². The van der Waals surface area contributed by atoms with E-state index < -0.39 is 0 Å². The Balaban J connectivity index is 1.76. The highest BCUT2D eigenvalue weighted by Crippen LogP contribution is 2.36. The number of aliphatic hydroxyl groups excluding tert-OH is 1. The van der Waals surface area contributed by atoms with E-state index >= 15 is 0 Å². The van der Waals surface area contributed by atoms with E-state index in [9.17, 15) is 9.90 Å². The van der Waals surface area contributed by atoms with Crippen LogP contribution in [0.2, 0.25) is 0 Å². The van der Waals surface area contributed by atoms with Crippen LogP contribution >= 0.6 is 0 Å². The fourth-order valence-electron chi connectivity index (χ4n) is 3.54. The molecule has 2 aliphatic rings. The lowest BCUT2D eigenvalue weighted by Gasteiger charge is -2.37. The highest BCUT2D eigenvalue weighted by molar-refractivity contribution is 5.95. The maximum Gasteiger partial charge on any atom is 0.254 e. The summed E-state index contributed by atoms with van der Waals surface area (Å²) in [6, 6.07) is 4.02. The highest BCUT2D eigenvalue weighted by Gasteiger charge is 2.42. The molecule has 0 saturated carbocycles. The van der Waals surface area contributed by atoms with Crippen LogP contribution in [0.15, 0.2) is 18.3 Å². The zero-order valence-electron chi connectivity index (χ0n) is 12.5. The predicted octanol–water partition coefficient (Wildman–Crippen LogP) is 2.03. The Morgan fingerprint density at radius 3 is 2.81 bits per heavy atom. The van der Waals surface area contributed by atoms with Crippen molar-refractivity contribution in [1.82, 2.24) is 9.88 Å². The molecule has 114 valence electrons. The van der Waals surface area contributed by atoms with E-state index in [-0.39, 0.29) is 24.1 Å². The van der Waals surface area contributed by atoms with Gasteiger partial charge in [-0.15, -0.1) is 0 Å². The first-order valence-corrected chi connectivity index (χ1v) is 7.89. The molecule has 1 aromatic heterocycles. The molecule has 2 bridgehead atoms. The van der Waals surface area contributed by atoms with Crippen molar-refractivity contribution in [2.24, 2.45) is 0 Å². The second-order valence-electron chi connectivity index (χ2n) is 6.08. The number of piperidine rings is 1. The normalized spacial score (nSPS) is 27.7. The smallest absolute Gasteiger partial charge is 0.254 e. The number of rotatable bonds is 4. The van der Waals surface area contributed by atoms with Gasteiger partial charge in [-0.05, 0) is 44.2 Å². The molecule has 2 saturated heterocycles. The zero-order valence-corrected chi connectivity index (χ0v) is 12.5. The van der Waals surface area contributed by atoms with Crippen molar-refractivity contribution >= 4 is 11.7 Å². The van der Waals surface area contributed by atoms with Gasteiger partial charge in [0, 0.05) is 30.4 Å². The van der Waals surface area contributed by atoms with Gasteiger partial charge in [-0.1, -0.05) is 6.92 Å². The SMILES string of the molecule is CCCNc1cc(C(=O)N2C3CCC2CC(O)C3)ccn1. The van der Waals surface area contributed by atoms with E-state index in [2.05, 4.69) is 17.2 Å². The summed E-state index contributed by atoms with van der Waals surface area (Å²) in [6.07, 6.45) is 5.92. The maximum absolute atomic E-state index is 12.8. The van der Waals surface area contributed by atoms with E-state index in [1.807, 2.05) is 11.0 Å². The summed E-state index contributed by atoms with van der Waals surface area (Å²) in [5, 5.41) is 13.1. The monoisotopic (exact) mass is 289 g/mol. The van der Waals surface area contributed by atoms with Gasteiger partial charge in [0.1, 0.15) is 5.82 Å². The molecule has 5 nitrogen and oxygen atoms in total. The number of hydrogen-bond donors (Lipinski definition) is 2. The zero-order chi connectivity index (χ0) is 14.8. The quantitative estimate of drug-likeness (QED) is 0.890. The molecule has 3 rings (SSSR count). The number of aliphatic hydroxyl groups is 1. The molecule has 1 aromatic rings. The van der Waals surface area contributed by atoms with Gasteiger partial charge in [-0.25, -0.2) is 4.98 Å². The summed E-state index contributed by atoms with van der Waals surface area (Å²) in [5.74, 6) is 0.837. The molecule has 0 aliphatic carbocycles. The van der Waals surface area contributed by atoms with Crippen LogP contribution in [0, 0.1) is 0 Å². The Hall–Kier alpha value is -1.62. The van der Waals surface area contributed by atoms with Crippen molar-refractivity contribution < 1.29 is 9.90 Å². The van der Waals surface area contributed by atoms with E-state index in [4.69, 9.17) is 0 Å². The number of anilines is 1.